The lowest BCUT2D eigenvalue weighted by atomic mass is 10.5. The van der Waals surface area contributed by atoms with Crippen LogP contribution < -0.4 is 5.32 Å². The van der Waals surface area contributed by atoms with E-state index in [4.69, 9.17) is 5.26 Å². The fraction of sp³-hybridized carbons (Fsp3) is 0.125. The Morgan fingerprint density at radius 1 is 1.62 bits per heavy atom. The minimum atomic E-state index is 0.309. The van der Waals surface area contributed by atoms with Gasteiger partial charge in [0.05, 0.1) is 12.4 Å². The van der Waals surface area contributed by atoms with Crippen LogP contribution >= 0.6 is 15.9 Å². The number of hydrogen-bond donors (Lipinski definition) is 1. The highest BCUT2D eigenvalue weighted by Crippen LogP contribution is 2.04. The molecular weight excluding hydrogens is 232 g/mol. The van der Waals surface area contributed by atoms with Crippen molar-refractivity contribution in [3.8, 4) is 6.07 Å². The average molecular weight is 239 g/mol. The molecule has 4 nitrogen and oxygen atoms in total. The summed E-state index contributed by atoms with van der Waals surface area (Å²) in [7, 11) is 0. The van der Waals surface area contributed by atoms with Crippen LogP contribution in [-0.4, -0.2) is 16.5 Å². The van der Waals surface area contributed by atoms with Crippen LogP contribution in [0.5, 0.6) is 0 Å². The molecule has 0 amide bonds. The van der Waals surface area contributed by atoms with Gasteiger partial charge < -0.3 is 5.32 Å². The molecule has 0 aliphatic rings. The maximum Gasteiger partial charge on any atom is 0.158 e. The summed E-state index contributed by atoms with van der Waals surface area (Å²) in [4.78, 5) is 7.81. The largest absolute Gasteiger partial charge is 0.364 e. The van der Waals surface area contributed by atoms with Crippen molar-refractivity contribution in [2.45, 2.75) is 0 Å². The van der Waals surface area contributed by atoms with Crippen molar-refractivity contribution >= 4 is 21.7 Å². The first kappa shape index (κ1) is 9.68. The molecule has 0 bridgehead atoms. The van der Waals surface area contributed by atoms with Crippen LogP contribution in [0.15, 0.2) is 23.5 Å². The molecule has 13 heavy (non-hydrogen) atoms. The molecule has 0 radical (unpaired) electrons. The van der Waals surface area contributed by atoms with Gasteiger partial charge in [0.1, 0.15) is 11.9 Å². The van der Waals surface area contributed by atoms with E-state index in [0.717, 1.165) is 4.48 Å². The summed E-state index contributed by atoms with van der Waals surface area (Å²) >= 11 is 3.20. The van der Waals surface area contributed by atoms with Gasteiger partial charge in [-0.2, -0.15) is 5.26 Å². The maximum atomic E-state index is 8.45. The third-order valence-electron chi connectivity index (χ3n) is 1.23. The molecule has 0 spiro atoms. The average Bonchev–Trinajstić information content (AvgIpc) is 2.15. The van der Waals surface area contributed by atoms with Crippen molar-refractivity contribution in [2.24, 2.45) is 0 Å². The summed E-state index contributed by atoms with van der Waals surface area (Å²) in [5.74, 6) is 0.625. The van der Waals surface area contributed by atoms with Gasteiger partial charge in [-0.3, -0.25) is 0 Å². The zero-order valence-corrected chi connectivity index (χ0v) is 8.37. The molecule has 1 aromatic heterocycles. The molecule has 1 N–H and O–H groups in total. The van der Waals surface area contributed by atoms with Gasteiger partial charge in [0.15, 0.2) is 5.69 Å². The van der Waals surface area contributed by atoms with Gasteiger partial charge in [-0.15, -0.1) is 0 Å². The quantitative estimate of drug-likeness (QED) is 0.871. The summed E-state index contributed by atoms with van der Waals surface area (Å²) < 4.78 is 0.832. The number of halogens is 1. The van der Waals surface area contributed by atoms with Crippen LogP contribution in [0.2, 0.25) is 0 Å². The minimum absolute atomic E-state index is 0.309. The lowest BCUT2D eigenvalue weighted by Gasteiger charge is -2.02. The number of aromatic nitrogens is 2. The van der Waals surface area contributed by atoms with Crippen LogP contribution in [0.1, 0.15) is 5.69 Å². The molecule has 0 aliphatic heterocycles. The summed E-state index contributed by atoms with van der Waals surface area (Å²) in [6.45, 7) is 4.24. The van der Waals surface area contributed by atoms with Crippen molar-refractivity contribution < 1.29 is 0 Å². The molecule has 0 aliphatic carbocycles. The molecule has 66 valence electrons. The molecule has 0 atom stereocenters. The van der Waals surface area contributed by atoms with Crippen molar-refractivity contribution in [1.29, 1.82) is 5.26 Å². The first-order valence-electron chi connectivity index (χ1n) is 3.51. The number of nitriles is 1. The molecule has 1 aromatic rings. The van der Waals surface area contributed by atoms with Crippen LogP contribution in [0.3, 0.4) is 0 Å². The third-order valence-corrected chi connectivity index (χ3v) is 1.51. The highest BCUT2D eigenvalue weighted by molar-refractivity contribution is 9.11. The molecule has 1 heterocycles. The highest BCUT2D eigenvalue weighted by atomic mass is 79.9. The summed E-state index contributed by atoms with van der Waals surface area (Å²) in [6.07, 6.45) is 2.92. The minimum Gasteiger partial charge on any atom is -0.364 e. The van der Waals surface area contributed by atoms with E-state index in [2.05, 4.69) is 37.8 Å². The topological polar surface area (TPSA) is 61.6 Å². The van der Waals surface area contributed by atoms with Crippen molar-refractivity contribution in [3.63, 3.8) is 0 Å². The first-order valence-corrected chi connectivity index (χ1v) is 4.31. The van der Waals surface area contributed by atoms with Crippen molar-refractivity contribution in [2.75, 3.05) is 11.9 Å². The van der Waals surface area contributed by atoms with Gasteiger partial charge in [-0.1, -0.05) is 22.5 Å². The summed E-state index contributed by atoms with van der Waals surface area (Å²) in [5, 5.41) is 11.4. The Morgan fingerprint density at radius 2 is 2.38 bits per heavy atom. The van der Waals surface area contributed by atoms with Gasteiger partial charge in [-0.25, -0.2) is 9.97 Å². The standard InChI is InChI=1S/C8H7BrN4/c1-6(9)3-12-8-5-11-7(2-10)4-13-8/h4-5H,1,3H2,(H,12,13). The lowest BCUT2D eigenvalue weighted by molar-refractivity contribution is 1.13. The van der Waals surface area contributed by atoms with Gasteiger partial charge in [0.2, 0.25) is 0 Å². The van der Waals surface area contributed by atoms with E-state index in [0.29, 0.717) is 18.1 Å². The van der Waals surface area contributed by atoms with Crippen LogP contribution in [-0.2, 0) is 0 Å². The Balaban J connectivity index is 2.60. The molecule has 5 heteroatoms. The Labute approximate surface area is 84.5 Å². The molecule has 0 aromatic carbocycles. The first-order chi connectivity index (χ1) is 6.22. The summed E-state index contributed by atoms with van der Waals surface area (Å²) in [5.41, 5.74) is 0.309. The number of hydrogen-bond acceptors (Lipinski definition) is 4. The molecule has 0 saturated carbocycles. The predicted octanol–water partition coefficient (Wildman–Crippen LogP) is 1.67. The Bertz CT molecular complexity index is 338. The Morgan fingerprint density at radius 3 is 2.85 bits per heavy atom. The number of anilines is 1. The second-order valence-corrected chi connectivity index (χ2v) is 3.39. The van der Waals surface area contributed by atoms with Gasteiger partial charge in [-0.05, 0) is 0 Å². The van der Waals surface area contributed by atoms with Gasteiger partial charge in [0, 0.05) is 11.0 Å². The zero-order valence-electron chi connectivity index (χ0n) is 6.79. The van der Waals surface area contributed by atoms with E-state index in [9.17, 15) is 0 Å². The van der Waals surface area contributed by atoms with Gasteiger partial charge in [0.25, 0.3) is 0 Å². The number of nitrogens with one attached hydrogen (secondary N) is 1. The van der Waals surface area contributed by atoms with E-state index < -0.39 is 0 Å². The van der Waals surface area contributed by atoms with E-state index in [-0.39, 0.29) is 0 Å². The molecule has 1 rings (SSSR count). The fourth-order valence-corrected chi connectivity index (χ4v) is 0.804. The molecule has 0 fully saturated rings. The zero-order chi connectivity index (χ0) is 9.68. The number of nitrogens with zero attached hydrogens (tertiary/aromatic N) is 3. The Hall–Kier alpha value is -1.41. The monoisotopic (exact) mass is 238 g/mol. The lowest BCUT2D eigenvalue weighted by Crippen LogP contribution is -2.03. The fourth-order valence-electron chi connectivity index (χ4n) is 0.664. The van der Waals surface area contributed by atoms with E-state index in [1.54, 1.807) is 0 Å². The van der Waals surface area contributed by atoms with Crippen LogP contribution in [0.25, 0.3) is 0 Å². The molecule has 0 saturated heterocycles. The highest BCUT2D eigenvalue weighted by Gasteiger charge is 1.95. The van der Waals surface area contributed by atoms with Crippen LogP contribution in [0.4, 0.5) is 5.82 Å². The Kier molecular flexibility index (Phi) is 3.41. The second-order valence-electron chi connectivity index (χ2n) is 2.27. The normalized spacial score (nSPS) is 8.92. The predicted molar refractivity (Wildman–Crippen MR) is 53.3 cm³/mol. The molecule has 0 unspecified atom stereocenters. The van der Waals surface area contributed by atoms with Crippen LogP contribution in [0, 0.1) is 11.3 Å². The van der Waals surface area contributed by atoms with Gasteiger partial charge >= 0.3 is 0 Å². The third kappa shape index (κ3) is 3.22. The second kappa shape index (κ2) is 4.58. The number of rotatable bonds is 3. The van der Waals surface area contributed by atoms with Crippen molar-refractivity contribution in [1.82, 2.24) is 9.97 Å². The molecular formula is C8H7BrN4. The summed E-state index contributed by atoms with van der Waals surface area (Å²) in [6, 6.07) is 1.89. The van der Waals surface area contributed by atoms with Crippen molar-refractivity contribution in [3.05, 3.63) is 29.1 Å². The smallest absolute Gasteiger partial charge is 0.158 e. The van der Waals surface area contributed by atoms with E-state index >= 15 is 0 Å². The maximum absolute atomic E-state index is 8.45. The van der Waals surface area contributed by atoms with E-state index in [1.165, 1.54) is 12.4 Å². The van der Waals surface area contributed by atoms with E-state index in [1.807, 2.05) is 6.07 Å². The SMILES string of the molecule is C=C(Br)CNc1cnc(C#N)cn1.